The second-order valence-corrected chi connectivity index (χ2v) is 5.45. The van der Waals surface area contributed by atoms with E-state index in [9.17, 15) is 0 Å². The topological polar surface area (TPSA) is 41.3 Å². The average molecular weight is 237 g/mol. The Morgan fingerprint density at radius 2 is 2.24 bits per heavy atom. The molecule has 3 N–H and O–H groups in total. The van der Waals surface area contributed by atoms with E-state index in [1.54, 1.807) is 0 Å². The van der Waals surface area contributed by atoms with Crippen LogP contribution < -0.4 is 11.1 Å². The smallest absolute Gasteiger partial charge is 0.0691 e. The van der Waals surface area contributed by atoms with Gasteiger partial charge in [-0.25, -0.2) is 0 Å². The van der Waals surface area contributed by atoms with Gasteiger partial charge in [0.1, 0.15) is 0 Å². The molecule has 3 nitrogen and oxygen atoms in total. The third kappa shape index (κ3) is 3.70. The molecule has 1 saturated heterocycles. The zero-order valence-electron chi connectivity index (χ0n) is 11.5. The standard InChI is InChI=1S/C14H27N3/c1-5-7-13(6-2)16-14(10-15)8-9-17(11-14)12(3)4/h2,12-13,16H,5,7-11,15H2,1,3-4H3. The molecule has 0 aromatic rings. The number of terminal acetylenes is 1. The number of rotatable bonds is 6. The Hall–Kier alpha value is -0.560. The third-order valence-electron chi connectivity index (χ3n) is 3.76. The molecule has 1 aliphatic rings. The van der Waals surface area contributed by atoms with Gasteiger partial charge in [0.05, 0.1) is 6.04 Å². The Morgan fingerprint density at radius 3 is 2.65 bits per heavy atom. The van der Waals surface area contributed by atoms with Crippen LogP contribution in [0, 0.1) is 12.3 Å². The van der Waals surface area contributed by atoms with E-state index in [-0.39, 0.29) is 11.6 Å². The van der Waals surface area contributed by atoms with Gasteiger partial charge in [-0.2, -0.15) is 0 Å². The molecular weight excluding hydrogens is 210 g/mol. The van der Waals surface area contributed by atoms with Crippen molar-refractivity contribution in [1.29, 1.82) is 0 Å². The highest BCUT2D eigenvalue weighted by molar-refractivity contribution is 5.07. The molecule has 0 saturated carbocycles. The van der Waals surface area contributed by atoms with Crippen molar-refractivity contribution in [2.45, 2.75) is 57.7 Å². The molecule has 2 atom stereocenters. The molecule has 0 radical (unpaired) electrons. The number of hydrogen-bond donors (Lipinski definition) is 2. The minimum Gasteiger partial charge on any atom is -0.329 e. The predicted molar refractivity (Wildman–Crippen MR) is 73.8 cm³/mol. The maximum atomic E-state index is 5.97. The molecule has 1 aliphatic heterocycles. The molecule has 3 heteroatoms. The zero-order valence-corrected chi connectivity index (χ0v) is 11.5. The van der Waals surface area contributed by atoms with E-state index in [2.05, 4.69) is 36.9 Å². The van der Waals surface area contributed by atoms with Crippen LogP contribution in [0.2, 0.25) is 0 Å². The fourth-order valence-corrected chi connectivity index (χ4v) is 2.54. The summed E-state index contributed by atoms with van der Waals surface area (Å²) in [7, 11) is 0. The van der Waals surface area contributed by atoms with E-state index in [4.69, 9.17) is 12.2 Å². The second-order valence-electron chi connectivity index (χ2n) is 5.45. The minimum absolute atomic E-state index is 0.0243. The summed E-state index contributed by atoms with van der Waals surface area (Å²) in [6.07, 6.45) is 8.81. The van der Waals surface area contributed by atoms with Crippen LogP contribution in [0.4, 0.5) is 0 Å². The number of hydrogen-bond acceptors (Lipinski definition) is 3. The van der Waals surface area contributed by atoms with Gasteiger partial charge in [-0.05, 0) is 26.7 Å². The lowest BCUT2D eigenvalue weighted by Crippen LogP contribution is -2.56. The lowest BCUT2D eigenvalue weighted by atomic mass is 9.96. The first-order chi connectivity index (χ1) is 8.06. The van der Waals surface area contributed by atoms with Gasteiger partial charge in [-0.15, -0.1) is 6.42 Å². The molecule has 0 spiro atoms. The Labute approximate surface area is 106 Å². The maximum absolute atomic E-state index is 5.97. The fraction of sp³-hybridized carbons (Fsp3) is 0.857. The number of nitrogens with two attached hydrogens (primary N) is 1. The average Bonchev–Trinajstić information content (AvgIpc) is 2.74. The summed E-state index contributed by atoms with van der Waals surface area (Å²) >= 11 is 0. The van der Waals surface area contributed by atoms with Crippen molar-refractivity contribution in [1.82, 2.24) is 10.2 Å². The van der Waals surface area contributed by atoms with Crippen molar-refractivity contribution in [3.63, 3.8) is 0 Å². The minimum atomic E-state index is 0.0243. The molecule has 1 heterocycles. The summed E-state index contributed by atoms with van der Waals surface area (Å²) in [6.45, 7) is 9.43. The van der Waals surface area contributed by atoms with E-state index < -0.39 is 0 Å². The fourth-order valence-electron chi connectivity index (χ4n) is 2.54. The van der Waals surface area contributed by atoms with E-state index in [1.807, 2.05) is 0 Å². The summed E-state index contributed by atoms with van der Waals surface area (Å²) in [4.78, 5) is 2.47. The largest absolute Gasteiger partial charge is 0.329 e. The summed E-state index contributed by atoms with van der Waals surface area (Å²) in [6, 6.07) is 0.747. The van der Waals surface area contributed by atoms with Crippen molar-refractivity contribution >= 4 is 0 Å². The Balaban J connectivity index is 2.62. The first-order valence-electron chi connectivity index (χ1n) is 6.75. The van der Waals surface area contributed by atoms with Crippen molar-refractivity contribution in [2.24, 2.45) is 5.73 Å². The third-order valence-corrected chi connectivity index (χ3v) is 3.76. The van der Waals surface area contributed by atoms with Gasteiger partial charge in [-0.1, -0.05) is 19.3 Å². The van der Waals surface area contributed by atoms with E-state index >= 15 is 0 Å². The number of nitrogens with zero attached hydrogens (tertiary/aromatic N) is 1. The maximum Gasteiger partial charge on any atom is 0.0691 e. The van der Waals surface area contributed by atoms with Crippen LogP contribution in [-0.2, 0) is 0 Å². The molecule has 0 aromatic carbocycles. The summed E-state index contributed by atoms with van der Waals surface area (Å²) in [5.41, 5.74) is 6.00. The number of likely N-dealkylation sites (tertiary alicyclic amines) is 1. The van der Waals surface area contributed by atoms with E-state index in [0.717, 1.165) is 32.4 Å². The first-order valence-corrected chi connectivity index (χ1v) is 6.75. The monoisotopic (exact) mass is 237 g/mol. The Kier molecular flexibility index (Phi) is 5.45. The normalized spacial score (nSPS) is 27.3. The predicted octanol–water partition coefficient (Wildman–Crippen LogP) is 1.19. The van der Waals surface area contributed by atoms with Crippen LogP contribution in [0.3, 0.4) is 0 Å². The molecule has 1 rings (SSSR count). The summed E-state index contributed by atoms with van der Waals surface area (Å²) in [5.74, 6) is 2.85. The second kappa shape index (κ2) is 6.39. The molecule has 17 heavy (non-hydrogen) atoms. The molecule has 0 aliphatic carbocycles. The summed E-state index contributed by atoms with van der Waals surface area (Å²) in [5, 5.41) is 3.61. The SMILES string of the molecule is C#CC(CCC)NC1(CN)CCN(C(C)C)C1. The molecule has 1 fully saturated rings. The molecular formula is C14H27N3. The Bertz CT molecular complexity index is 269. The lowest BCUT2D eigenvalue weighted by Gasteiger charge is -2.33. The molecule has 98 valence electrons. The van der Waals surface area contributed by atoms with Crippen LogP contribution in [0.1, 0.15) is 40.0 Å². The van der Waals surface area contributed by atoms with Crippen LogP contribution in [-0.4, -0.2) is 42.2 Å². The molecule has 2 unspecified atom stereocenters. The van der Waals surface area contributed by atoms with E-state index in [0.29, 0.717) is 12.6 Å². The van der Waals surface area contributed by atoms with Gasteiger partial charge in [-0.3, -0.25) is 10.2 Å². The van der Waals surface area contributed by atoms with Crippen LogP contribution in [0.25, 0.3) is 0 Å². The van der Waals surface area contributed by atoms with Crippen molar-refractivity contribution in [3.05, 3.63) is 0 Å². The van der Waals surface area contributed by atoms with Gasteiger partial charge in [0, 0.05) is 31.2 Å². The van der Waals surface area contributed by atoms with Gasteiger partial charge in [0.2, 0.25) is 0 Å². The van der Waals surface area contributed by atoms with Gasteiger partial charge < -0.3 is 5.73 Å². The van der Waals surface area contributed by atoms with E-state index in [1.165, 1.54) is 0 Å². The highest BCUT2D eigenvalue weighted by Crippen LogP contribution is 2.23. The van der Waals surface area contributed by atoms with Gasteiger partial charge in [0.25, 0.3) is 0 Å². The highest BCUT2D eigenvalue weighted by Gasteiger charge is 2.38. The Morgan fingerprint density at radius 1 is 1.53 bits per heavy atom. The van der Waals surface area contributed by atoms with Gasteiger partial charge in [0.15, 0.2) is 0 Å². The van der Waals surface area contributed by atoms with Crippen LogP contribution in [0.5, 0.6) is 0 Å². The molecule has 0 aromatic heterocycles. The van der Waals surface area contributed by atoms with Crippen molar-refractivity contribution < 1.29 is 0 Å². The molecule has 0 amide bonds. The lowest BCUT2D eigenvalue weighted by molar-refractivity contribution is 0.235. The van der Waals surface area contributed by atoms with Gasteiger partial charge >= 0.3 is 0 Å². The van der Waals surface area contributed by atoms with Crippen molar-refractivity contribution in [2.75, 3.05) is 19.6 Å². The summed E-state index contributed by atoms with van der Waals surface area (Å²) < 4.78 is 0. The molecule has 0 bridgehead atoms. The zero-order chi connectivity index (χ0) is 12.9. The first kappa shape index (κ1) is 14.5. The number of nitrogens with one attached hydrogen (secondary N) is 1. The quantitative estimate of drug-likeness (QED) is 0.682. The van der Waals surface area contributed by atoms with Crippen LogP contribution in [0.15, 0.2) is 0 Å². The van der Waals surface area contributed by atoms with Crippen LogP contribution >= 0.6 is 0 Å². The van der Waals surface area contributed by atoms with Crippen molar-refractivity contribution in [3.8, 4) is 12.3 Å². The highest BCUT2D eigenvalue weighted by atomic mass is 15.2.